The maximum absolute atomic E-state index is 12.6. The van der Waals surface area contributed by atoms with Gasteiger partial charge in [0.05, 0.1) is 18.6 Å². The third-order valence-corrected chi connectivity index (χ3v) is 4.69. The Balaban J connectivity index is 2.37. The molecule has 0 saturated heterocycles. The van der Waals surface area contributed by atoms with Gasteiger partial charge in [0.15, 0.2) is 6.61 Å². The highest BCUT2D eigenvalue weighted by atomic mass is 16.7. The summed E-state index contributed by atoms with van der Waals surface area (Å²) in [5.74, 6) is -2.33. The zero-order chi connectivity index (χ0) is 23.0. The van der Waals surface area contributed by atoms with Crippen LogP contribution in [0.3, 0.4) is 0 Å². The molecule has 1 heterocycles. The molecule has 0 saturated carbocycles. The van der Waals surface area contributed by atoms with Gasteiger partial charge in [-0.25, -0.2) is 4.79 Å². The van der Waals surface area contributed by atoms with E-state index in [4.69, 9.17) is 14.3 Å². The van der Waals surface area contributed by atoms with Crippen molar-refractivity contribution in [3.8, 4) is 0 Å². The van der Waals surface area contributed by atoms with Crippen molar-refractivity contribution in [3.05, 3.63) is 63.5 Å². The Labute approximate surface area is 179 Å². The molecular formula is C21H25N3O7. The van der Waals surface area contributed by atoms with Crippen molar-refractivity contribution >= 4 is 23.3 Å². The molecule has 2 unspecified atom stereocenters. The second-order valence-corrected chi connectivity index (χ2v) is 6.67. The van der Waals surface area contributed by atoms with Crippen LogP contribution in [0.1, 0.15) is 32.3 Å². The van der Waals surface area contributed by atoms with Crippen LogP contribution in [0.25, 0.3) is 0 Å². The second-order valence-electron chi connectivity index (χ2n) is 6.67. The smallest absolute Gasteiger partial charge is 0.334 e. The summed E-state index contributed by atoms with van der Waals surface area (Å²) < 4.78 is 9.74. The number of nitrogens with zero attached hydrogens (tertiary/aromatic N) is 2. The van der Waals surface area contributed by atoms with Crippen LogP contribution in [0.15, 0.2) is 52.8 Å². The number of benzene rings is 1. The number of hydroxylamine groups is 1. The maximum Gasteiger partial charge on any atom is 0.334 e. The third kappa shape index (κ3) is 5.98. The minimum atomic E-state index is -0.754. The lowest BCUT2D eigenvalue weighted by molar-refractivity contribution is -0.384. The Kier molecular flexibility index (Phi) is 8.44. The van der Waals surface area contributed by atoms with Crippen molar-refractivity contribution in [2.24, 2.45) is 10.9 Å². The summed E-state index contributed by atoms with van der Waals surface area (Å²) in [6, 6.07) is 6.11. The van der Waals surface area contributed by atoms with E-state index >= 15 is 0 Å². The molecule has 2 atom stereocenters. The summed E-state index contributed by atoms with van der Waals surface area (Å²) in [6.07, 6.45) is 3.10. The molecule has 31 heavy (non-hydrogen) atoms. The van der Waals surface area contributed by atoms with Crippen molar-refractivity contribution in [1.29, 1.82) is 0 Å². The fourth-order valence-corrected chi connectivity index (χ4v) is 3.38. The zero-order valence-corrected chi connectivity index (χ0v) is 17.8. The Morgan fingerprint density at radius 3 is 2.71 bits per heavy atom. The van der Waals surface area contributed by atoms with Gasteiger partial charge >= 0.3 is 11.9 Å². The number of nitrogens with one attached hydrogen (secondary N) is 1. The molecule has 1 N–H and O–H groups in total. The maximum atomic E-state index is 12.6. The number of ether oxygens (including phenoxy) is 2. The average molecular weight is 431 g/mol. The summed E-state index contributed by atoms with van der Waals surface area (Å²) in [7, 11) is 1.28. The van der Waals surface area contributed by atoms with Crippen LogP contribution < -0.4 is 5.48 Å². The molecule has 0 bridgehead atoms. The summed E-state index contributed by atoms with van der Waals surface area (Å²) in [5, 5.41) is 11.3. The highest BCUT2D eigenvalue weighted by Gasteiger charge is 2.38. The van der Waals surface area contributed by atoms with Crippen LogP contribution in [0.2, 0.25) is 0 Å². The molecule has 2 rings (SSSR count). The first-order chi connectivity index (χ1) is 14.8. The van der Waals surface area contributed by atoms with Gasteiger partial charge in [0.1, 0.15) is 5.92 Å². The largest absolute Gasteiger partial charge is 0.468 e. The molecule has 0 spiro atoms. The van der Waals surface area contributed by atoms with E-state index in [1.165, 1.54) is 25.4 Å². The van der Waals surface area contributed by atoms with E-state index in [-0.39, 0.29) is 18.9 Å². The van der Waals surface area contributed by atoms with Gasteiger partial charge < -0.3 is 9.47 Å². The van der Waals surface area contributed by atoms with Crippen LogP contribution in [-0.2, 0) is 23.9 Å². The normalized spacial score (nSPS) is 18.5. The Bertz CT molecular complexity index is 937. The number of nitro benzene ring substituents is 1. The predicted octanol–water partition coefficient (Wildman–Crippen LogP) is 2.81. The number of esters is 2. The number of hydrogen-bond donors (Lipinski definition) is 1. The van der Waals surface area contributed by atoms with Crippen molar-refractivity contribution in [1.82, 2.24) is 5.48 Å². The van der Waals surface area contributed by atoms with Gasteiger partial charge in [0.25, 0.3) is 5.69 Å². The monoisotopic (exact) mass is 431 g/mol. The number of carbonyl (C=O) groups is 2. The number of methoxy groups -OCH3 is 1. The van der Waals surface area contributed by atoms with Crippen molar-refractivity contribution in [3.63, 3.8) is 0 Å². The standard InChI is InChI=1S/C21H25N3O7/c1-5-30-18(25)12-31-22-10-9-17-13(2)23-14(3)19(21(26)29-4)20(17)15-7-6-8-16(11-15)24(27)28/h6-11,19-20,22H,5,12H2,1-4H3. The number of nitro groups is 1. The lowest BCUT2D eigenvalue weighted by Gasteiger charge is -2.31. The average Bonchev–Trinajstić information content (AvgIpc) is 2.74. The van der Waals surface area contributed by atoms with Crippen LogP contribution >= 0.6 is 0 Å². The molecule has 0 aromatic heterocycles. The van der Waals surface area contributed by atoms with Gasteiger partial charge in [-0.3, -0.25) is 30.2 Å². The van der Waals surface area contributed by atoms with Crippen molar-refractivity contribution in [2.45, 2.75) is 26.7 Å². The number of non-ortho nitro benzene ring substituents is 1. The highest BCUT2D eigenvalue weighted by molar-refractivity contribution is 6.03. The first kappa shape index (κ1) is 23.7. The lowest BCUT2D eigenvalue weighted by atomic mass is 9.75. The van der Waals surface area contributed by atoms with Gasteiger partial charge in [-0.1, -0.05) is 12.1 Å². The molecule has 166 valence electrons. The zero-order valence-electron chi connectivity index (χ0n) is 17.8. The number of hydrogen-bond acceptors (Lipinski definition) is 9. The van der Waals surface area contributed by atoms with E-state index in [1.54, 1.807) is 39.0 Å². The molecule has 0 radical (unpaired) electrons. The highest BCUT2D eigenvalue weighted by Crippen LogP contribution is 2.40. The number of aliphatic imine (C=N–C) groups is 1. The van der Waals surface area contributed by atoms with E-state index in [9.17, 15) is 19.7 Å². The number of allylic oxidation sites excluding steroid dienone is 3. The number of carbonyl (C=O) groups excluding carboxylic acids is 2. The van der Waals surface area contributed by atoms with Crippen LogP contribution in [0.5, 0.6) is 0 Å². The van der Waals surface area contributed by atoms with Gasteiger partial charge in [0.2, 0.25) is 0 Å². The van der Waals surface area contributed by atoms with Crippen LogP contribution in [0.4, 0.5) is 5.69 Å². The fraction of sp³-hybridized carbons (Fsp3) is 0.381. The molecule has 10 heteroatoms. The topological polar surface area (TPSA) is 129 Å². The predicted molar refractivity (Wildman–Crippen MR) is 112 cm³/mol. The first-order valence-corrected chi connectivity index (χ1v) is 9.57. The van der Waals surface area contributed by atoms with E-state index in [0.29, 0.717) is 22.5 Å². The van der Waals surface area contributed by atoms with Gasteiger partial charge in [-0.15, -0.1) is 0 Å². The van der Waals surface area contributed by atoms with E-state index in [1.807, 2.05) is 0 Å². The first-order valence-electron chi connectivity index (χ1n) is 9.57. The molecule has 0 aliphatic carbocycles. The fourth-order valence-electron chi connectivity index (χ4n) is 3.38. The van der Waals surface area contributed by atoms with Crippen LogP contribution in [0, 0.1) is 16.0 Å². The lowest BCUT2D eigenvalue weighted by Crippen LogP contribution is -2.33. The summed E-state index contributed by atoms with van der Waals surface area (Å²) in [5.41, 5.74) is 4.84. The number of rotatable bonds is 9. The summed E-state index contributed by atoms with van der Waals surface area (Å²) in [4.78, 5) is 44.2. The SMILES string of the molecule is CCOC(=O)CONC=CC1=C(C)N=C(C)C(C(=O)OC)C1c1cccc([N+](=O)[O-])c1. The summed E-state index contributed by atoms with van der Waals surface area (Å²) >= 11 is 0. The van der Waals surface area contributed by atoms with E-state index in [2.05, 4.69) is 10.5 Å². The molecule has 1 aromatic rings. The molecule has 1 aliphatic rings. The third-order valence-electron chi connectivity index (χ3n) is 4.69. The Hall–Kier alpha value is -3.53. The van der Waals surface area contributed by atoms with Gasteiger partial charge in [-0.05, 0) is 38.0 Å². The second kappa shape index (κ2) is 11.0. The van der Waals surface area contributed by atoms with E-state index < -0.39 is 28.7 Å². The van der Waals surface area contributed by atoms with Crippen LogP contribution in [-0.4, -0.2) is 42.9 Å². The van der Waals surface area contributed by atoms with E-state index in [0.717, 1.165) is 0 Å². The minimum Gasteiger partial charge on any atom is -0.468 e. The quantitative estimate of drug-likeness (QED) is 0.273. The van der Waals surface area contributed by atoms with Crippen molar-refractivity contribution < 1.29 is 28.8 Å². The summed E-state index contributed by atoms with van der Waals surface area (Å²) in [6.45, 7) is 5.16. The Morgan fingerprint density at radius 1 is 1.32 bits per heavy atom. The molecule has 0 amide bonds. The van der Waals surface area contributed by atoms with Gasteiger partial charge in [0, 0.05) is 35.7 Å². The molecule has 10 nitrogen and oxygen atoms in total. The molecular weight excluding hydrogens is 406 g/mol. The minimum absolute atomic E-state index is 0.0850. The van der Waals surface area contributed by atoms with Gasteiger partial charge in [-0.2, -0.15) is 0 Å². The molecule has 0 fully saturated rings. The Morgan fingerprint density at radius 2 is 2.06 bits per heavy atom. The molecule has 1 aromatic carbocycles. The van der Waals surface area contributed by atoms with Crippen molar-refractivity contribution in [2.75, 3.05) is 20.3 Å². The molecule has 1 aliphatic heterocycles.